The Labute approximate surface area is 215 Å². The van der Waals surface area contributed by atoms with Crippen LogP contribution >= 0.6 is 11.6 Å². The molecule has 2 aliphatic heterocycles. The number of carbonyl (C=O) groups is 2. The van der Waals surface area contributed by atoms with Crippen molar-refractivity contribution >= 4 is 50.9 Å². The zero-order valence-electron chi connectivity index (χ0n) is 21.1. The van der Waals surface area contributed by atoms with E-state index in [1.54, 1.807) is 18.5 Å². The van der Waals surface area contributed by atoms with Crippen molar-refractivity contribution in [2.45, 2.75) is 44.9 Å². The van der Waals surface area contributed by atoms with Crippen LogP contribution in [-0.2, 0) is 19.1 Å². The second-order valence-corrected chi connectivity index (χ2v) is 11.3. The Morgan fingerprint density at radius 1 is 1.17 bits per heavy atom. The van der Waals surface area contributed by atoms with E-state index >= 15 is 0 Å². The van der Waals surface area contributed by atoms with E-state index in [-0.39, 0.29) is 30.6 Å². The van der Waals surface area contributed by atoms with Crippen LogP contribution in [0.1, 0.15) is 27.7 Å². The second-order valence-electron chi connectivity index (χ2n) is 10.8. The van der Waals surface area contributed by atoms with Gasteiger partial charge in [0.25, 0.3) is 0 Å². The van der Waals surface area contributed by atoms with Crippen LogP contribution in [0, 0.1) is 0 Å². The number of carbonyl (C=O) groups excluding carboxylic acids is 2. The maximum absolute atomic E-state index is 13.6. The third-order valence-corrected chi connectivity index (χ3v) is 7.03. The Morgan fingerprint density at radius 2 is 1.94 bits per heavy atom. The molecule has 5 rings (SSSR count). The minimum atomic E-state index is -0.629. The molecule has 192 valence electrons. The molecule has 0 spiro atoms. The number of fused-ring (bicyclic) bond motifs is 3. The summed E-state index contributed by atoms with van der Waals surface area (Å²) >= 11 is 6.42. The minimum absolute atomic E-state index is 0.0184. The molecule has 2 amide bonds. The van der Waals surface area contributed by atoms with Crippen molar-refractivity contribution in [2.24, 2.45) is 0 Å². The van der Waals surface area contributed by atoms with Crippen LogP contribution in [0.3, 0.4) is 0 Å². The van der Waals surface area contributed by atoms with Crippen molar-refractivity contribution in [3.8, 4) is 0 Å². The van der Waals surface area contributed by atoms with Crippen LogP contribution in [0.5, 0.6) is 0 Å². The number of anilines is 1. The molecule has 0 radical (unpaired) electrons. The number of morpholine rings is 2. The number of hydrogen-bond donors (Lipinski definition) is 2. The quantitative estimate of drug-likeness (QED) is 0.554. The molecule has 0 aliphatic carbocycles. The fourth-order valence-corrected chi connectivity index (χ4v) is 5.32. The van der Waals surface area contributed by atoms with Gasteiger partial charge in [-0.05, 0) is 45.9 Å². The van der Waals surface area contributed by atoms with Crippen molar-refractivity contribution in [1.82, 2.24) is 19.8 Å². The van der Waals surface area contributed by atoms with Gasteiger partial charge in [-0.1, -0.05) is 11.6 Å². The highest BCUT2D eigenvalue weighted by atomic mass is 35.5. The van der Waals surface area contributed by atoms with Crippen molar-refractivity contribution in [1.29, 1.82) is 0 Å². The number of aromatic nitrogens is 2. The van der Waals surface area contributed by atoms with E-state index in [0.29, 0.717) is 37.0 Å². The van der Waals surface area contributed by atoms with Gasteiger partial charge in [-0.3, -0.25) is 19.5 Å². The number of rotatable bonds is 4. The number of ether oxygens (including phenoxy) is 2. The number of hydrogen-bond acceptors (Lipinski definition) is 6. The van der Waals surface area contributed by atoms with Gasteiger partial charge in [0.2, 0.25) is 11.8 Å². The number of pyridine rings is 1. The lowest BCUT2D eigenvalue weighted by Crippen LogP contribution is -2.61. The molecule has 2 aromatic heterocycles. The lowest BCUT2D eigenvalue weighted by atomic mass is 10.0. The molecular formula is C26H32ClN5O4. The van der Waals surface area contributed by atoms with E-state index in [1.165, 1.54) is 0 Å². The normalized spacial score (nSPS) is 22.1. The van der Waals surface area contributed by atoms with Gasteiger partial charge >= 0.3 is 0 Å². The molecule has 1 atom stereocenters. The maximum Gasteiger partial charge on any atom is 0.244 e. The summed E-state index contributed by atoms with van der Waals surface area (Å²) in [7, 11) is 0. The van der Waals surface area contributed by atoms with Crippen LogP contribution < -0.4 is 5.32 Å². The third kappa shape index (κ3) is 5.06. The van der Waals surface area contributed by atoms with E-state index in [0.717, 1.165) is 21.8 Å². The van der Waals surface area contributed by atoms with Gasteiger partial charge in [-0.15, -0.1) is 0 Å². The zero-order chi connectivity index (χ0) is 25.7. The molecule has 0 bridgehead atoms. The molecule has 4 heterocycles. The van der Waals surface area contributed by atoms with E-state index in [9.17, 15) is 9.59 Å². The zero-order valence-corrected chi connectivity index (χ0v) is 21.8. The van der Waals surface area contributed by atoms with Gasteiger partial charge in [-0.2, -0.15) is 0 Å². The van der Waals surface area contributed by atoms with Gasteiger partial charge < -0.3 is 24.7 Å². The van der Waals surface area contributed by atoms with Crippen molar-refractivity contribution < 1.29 is 19.1 Å². The van der Waals surface area contributed by atoms with Gasteiger partial charge in [0.15, 0.2) is 0 Å². The third-order valence-electron chi connectivity index (χ3n) is 6.81. The first kappa shape index (κ1) is 25.0. The number of amides is 2. The lowest BCUT2D eigenvalue weighted by Gasteiger charge is -2.44. The van der Waals surface area contributed by atoms with Crippen molar-refractivity contribution in [3.63, 3.8) is 0 Å². The van der Waals surface area contributed by atoms with E-state index < -0.39 is 11.6 Å². The highest BCUT2D eigenvalue weighted by molar-refractivity contribution is 6.33. The summed E-state index contributed by atoms with van der Waals surface area (Å²) in [5.41, 5.74) is 1.33. The smallest absolute Gasteiger partial charge is 0.244 e. The summed E-state index contributed by atoms with van der Waals surface area (Å²) in [6.07, 6.45) is 3.46. The Kier molecular flexibility index (Phi) is 6.45. The van der Waals surface area contributed by atoms with Gasteiger partial charge in [0, 0.05) is 41.6 Å². The highest BCUT2D eigenvalue weighted by Crippen LogP contribution is 2.33. The van der Waals surface area contributed by atoms with E-state index in [4.69, 9.17) is 21.1 Å². The average Bonchev–Trinajstić information content (AvgIpc) is 3.16. The van der Waals surface area contributed by atoms with Crippen LogP contribution in [0.2, 0.25) is 5.02 Å². The van der Waals surface area contributed by atoms with Gasteiger partial charge in [0.05, 0.1) is 53.9 Å². The number of benzene rings is 1. The molecule has 2 fully saturated rings. The number of H-pyrrole nitrogens is 1. The number of halogens is 1. The Bertz CT molecular complexity index is 1320. The topological polar surface area (TPSA) is 99.8 Å². The number of aromatic amines is 1. The lowest BCUT2D eigenvalue weighted by molar-refractivity contribution is -0.157. The Balaban J connectivity index is 1.39. The molecule has 0 saturated carbocycles. The highest BCUT2D eigenvalue weighted by Gasteiger charge is 2.40. The van der Waals surface area contributed by atoms with E-state index in [2.05, 4.69) is 15.3 Å². The van der Waals surface area contributed by atoms with Crippen LogP contribution in [-0.4, -0.2) is 88.2 Å². The fraction of sp³-hybridized carbons (Fsp3) is 0.500. The first-order valence-corrected chi connectivity index (χ1v) is 12.5. The molecule has 2 aliphatic rings. The SMILES string of the molecule is CC1(C)CN(C(=O)CN2CC(C)(C)OC[C@H]2C(=O)Nc2cc(Cl)cc3c2[nH]c2cnccc23)CCO1. The number of nitrogens with zero attached hydrogens (tertiary/aromatic N) is 3. The van der Waals surface area contributed by atoms with E-state index in [1.807, 2.05) is 49.6 Å². The summed E-state index contributed by atoms with van der Waals surface area (Å²) in [4.78, 5) is 38.1. The first-order valence-electron chi connectivity index (χ1n) is 12.2. The average molecular weight is 514 g/mol. The second kappa shape index (κ2) is 9.30. The Hall–Kier alpha value is -2.72. The molecule has 1 aromatic carbocycles. The molecule has 10 heteroatoms. The first-order chi connectivity index (χ1) is 17.0. The minimum Gasteiger partial charge on any atom is -0.372 e. The fourth-order valence-electron chi connectivity index (χ4n) is 5.10. The molecule has 9 nitrogen and oxygen atoms in total. The predicted molar refractivity (Wildman–Crippen MR) is 139 cm³/mol. The molecule has 3 aromatic rings. The van der Waals surface area contributed by atoms with Crippen molar-refractivity contribution in [3.05, 3.63) is 35.6 Å². The monoisotopic (exact) mass is 513 g/mol. The van der Waals surface area contributed by atoms with Crippen molar-refractivity contribution in [2.75, 3.05) is 44.7 Å². The summed E-state index contributed by atoms with van der Waals surface area (Å²) in [5.74, 6) is -0.268. The molecule has 0 unspecified atom stereocenters. The van der Waals surface area contributed by atoms with Gasteiger partial charge in [0.1, 0.15) is 6.04 Å². The summed E-state index contributed by atoms with van der Waals surface area (Å²) in [5, 5.41) is 5.43. The number of nitrogens with one attached hydrogen (secondary N) is 2. The molecular weight excluding hydrogens is 482 g/mol. The maximum atomic E-state index is 13.6. The van der Waals surface area contributed by atoms with Crippen LogP contribution in [0.4, 0.5) is 5.69 Å². The van der Waals surface area contributed by atoms with Crippen LogP contribution in [0.25, 0.3) is 21.8 Å². The largest absolute Gasteiger partial charge is 0.372 e. The molecule has 2 N–H and O–H groups in total. The Morgan fingerprint density at radius 3 is 2.72 bits per heavy atom. The summed E-state index contributed by atoms with van der Waals surface area (Å²) < 4.78 is 11.7. The summed E-state index contributed by atoms with van der Waals surface area (Å²) in [6.45, 7) is 10.2. The standard InChI is InChI=1S/C26H32ClN5O4/c1-25(2)14-31(7-8-35-25)22(33)12-32-15-26(3,4)36-13-21(32)24(34)30-19-10-16(27)9-18-17-5-6-28-11-20(17)29-23(18)19/h5-6,9-11,21,29H,7-8,12-15H2,1-4H3,(H,30,34)/t21-/m0/s1. The molecule has 2 saturated heterocycles. The predicted octanol–water partition coefficient (Wildman–Crippen LogP) is 3.42. The van der Waals surface area contributed by atoms with Crippen LogP contribution in [0.15, 0.2) is 30.6 Å². The summed E-state index contributed by atoms with van der Waals surface area (Å²) in [6, 6.07) is 4.87. The van der Waals surface area contributed by atoms with Gasteiger partial charge in [-0.25, -0.2) is 0 Å². The molecule has 36 heavy (non-hydrogen) atoms.